The fraction of sp³-hybridized carbons (Fsp3) is 0.179. The first-order valence-electron chi connectivity index (χ1n) is 12.1. The van der Waals surface area contributed by atoms with Crippen LogP contribution in [0.3, 0.4) is 0 Å². The van der Waals surface area contributed by atoms with Crippen LogP contribution >= 0.6 is 0 Å². The number of alkyl halides is 3. The van der Waals surface area contributed by atoms with E-state index in [1.807, 2.05) is 83.2 Å². The molecular formula is C28H27F3N6O4. The first kappa shape index (κ1) is 30.3. The van der Waals surface area contributed by atoms with E-state index in [1.54, 1.807) is 12.1 Å². The van der Waals surface area contributed by atoms with Crippen LogP contribution in [0.5, 0.6) is 0 Å². The summed E-state index contributed by atoms with van der Waals surface area (Å²) in [4.78, 5) is 34.3. The van der Waals surface area contributed by atoms with Crippen LogP contribution in [-0.4, -0.2) is 40.4 Å². The number of aryl methyl sites for hydroxylation is 1. The Morgan fingerprint density at radius 3 is 2.29 bits per heavy atom. The minimum atomic E-state index is -5.19. The topological polar surface area (TPSA) is 171 Å². The summed E-state index contributed by atoms with van der Waals surface area (Å²) in [5, 5.41) is 20.2. The number of nitrogen functional groups attached to an aromatic ring is 1. The lowest BCUT2D eigenvalue weighted by molar-refractivity contribution is -0.671. The van der Waals surface area contributed by atoms with Gasteiger partial charge < -0.3 is 31.3 Å². The number of amides is 2. The molecule has 0 aliphatic heterocycles. The third kappa shape index (κ3) is 8.14. The van der Waals surface area contributed by atoms with Crippen LogP contribution in [0, 0.1) is 5.41 Å². The highest BCUT2D eigenvalue weighted by atomic mass is 19.4. The third-order valence-electron chi connectivity index (χ3n) is 5.94. The Hall–Kier alpha value is -5.20. The number of primary amides is 1. The van der Waals surface area contributed by atoms with Gasteiger partial charge in [-0.2, -0.15) is 13.2 Å². The number of fused-ring (bicyclic) bond motifs is 1. The maximum absolute atomic E-state index is 13.4. The summed E-state index contributed by atoms with van der Waals surface area (Å²) in [5.41, 5.74) is 15.0. The number of aromatic nitrogens is 2. The zero-order chi connectivity index (χ0) is 30.3. The number of carboxylic acids is 1. The van der Waals surface area contributed by atoms with Gasteiger partial charge in [0.1, 0.15) is 30.6 Å². The first-order valence-corrected chi connectivity index (χ1v) is 12.1. The summed E-state index contributed by atoms with van der Waals surface area (Å²) in [6, 6.07) is 19.8. The van der Waals surface area contributed by atoms with Crippen molar-refractivity contribution in [2.24, 2.45) is 18.5 Å². The highest BCUT2D eigenvalue weighted by Gasteiger charge is 2.29. The van der Waals surface area contributed by atoms with Crippen molar-refractivity contribution >= 4 is 34.5 Å². The van der Waals surface area contributed by atoms with Crippen LogP contribution < -0.4 is 26.5 Å². The minimum Gasteiger partial charge on any atom is -0.542 e. The molecule has 4 rings (SSSR count). The van der Waals surface area contributed by atoms with Gasteiger partial charge in [-0.25, -0.2) is 4.57 Å². The Balaban J connectivity index is 0.000000587. The van der Waals surface area contributed by atoms with Gasteiger partial charge in [0, 0.05) is 41.1 Å². The maximum atomic E-state index is 13.4. The number of nitrogens with two attached hydrogens (primary N) is 2. The number of carbonyl (C=O) groups is 3. The molecule has 0 saturated carbocycles. The maximum Gasteiger partial charge on any atom is 0.430 e. The zero-order valence-corrected chi connectivity index (χ0v) is 21.8. The number of hydrogen-bond acceptors (Lipinski definition) is 5. The second-order valence-corrected chi connectivity index (χ2v) is 9.08. The molecule has 0 bridgehead atoms. The van der Waals surface area contributed by atoms with Crippen molar-refractivity contribution < 1.29 is 37.2 Å². The molecule has 2 aromatic carbocycles. The summed E-state index contributed by atoms with van der Waals surface area (Å²) < 4.78 is 35.3. The van der Waals surface area contributed by atoms with E-state index in [-0.39, 0.29) is 18.2 Å². The van der Waals surface area contributed by atoms with E-state index in [9.17, 15) is 22.8 Å². The van der Waals surface area contributed by atoms with Gasteiger partial charge in [-0.3, -0.25) is 15.0 Å². The number of aliphatic carboxylic acids is 1. The predicted octanol–water partition coefficient (Wildman–Crippen LogP) is 0.923. The van der Waals surface area contributed by atoms with Gasteiger partial charge >= 0.3 is 6.18 Å². The SMILES string of the molecule is C[n+]1cccc(C[C@@H](NC(=O)c2cc3ccccc3n2Cc2cccc(C(=N)N)c2)C(N)=O)c1.O=C([O-])C(F)(F)F. The molecule has 0 saturated heterocycles. The number of carboxylic acid groups (broad SMARTS) is 1. The van der Waals surface area contributed by atoms with Gasteiger partial charge in [-0.05, 0) is 29.8 Å². The third-order valence-corrected chi connectivity index (χ3v) is 5.94. The molecule has 0 aliphatic carbocycles. The smallest absolute Gasteiger partial charge is 0.430 e. The molecule has 2 aromatic heterocycles. The van der Waals surface area contributed by atoms with Crippen molar-refractivity contribution in [3.05, 3.63) is 102 Å². The van der Waals surface area contributed by atoms with Crippen LogP contribution in [0.15, 0.2) is 79.1 Å². The number of hydrogen-bond donors (Lipinski definition) is 4. The molecule has 2 heterocycles. The molecule has 13 heteroatoms. The zero-order valence-electron chi connectivity index (χ0n) is 21.8. The minimum absolute atomic E-state index is 0.0178. The number of pyridine rings is 1. The van der Waals surface area contributed by atoms with Crippen molar-refractivity contribution in [3.63, 3.8) is 0 Å². The molecule has 10 nitrogen and oxygen atoms in total. The summed E-state index contributed by atoms with van der Waals surface area (Å²) in [7, 11) is 1.89. The molecule has 0 unspecified atom stereocenters. The average molecular weight is 569 g/mol. The first-order chi connectivity index (χ1) is 19.3. The second kappa shape index (κ2) is 12.8. The lowest BCUT2D eigenvalue weighted by Gasteiger charge is -2.17. The highest BCUT2D eigenvalue weighted by Crippen LogP contribution is 2.22. The van der Waals surface area contributed by atoms with Crippen LogP contribution in [0.1, 0.15) is 27.2 Å². The van der Waals surface area contributed by atoms with Crippen molar-refractivity contribution in [1.82, 2.24) is 9.88 Å². The largest absolute Gasteiger partial charge is 0.542 e. The van der Waals surface area contributed by atoms with E-state index in [2.05, 4.69) is 5.32 Å². The lowest BCUT2D eigenvalue weighted by Crippen LogP contribution is -2.46. The fourth-order valence-corrected chi connectivity index (χ4v) is 4.05. The summed E-state index contributed by atoms with van der Waals surface area (Å²) in [6.07, 6.45) is -1.13. The Labute approximate surface area is 232 Å². The molecule has 0 aliphatic rings. The molecule has 6 N–H and O–H groups in total. The number of amidine groups is 1. The molecule has 4 aromatic rings. The Morgan fingerprint density at radius 2 is 1.68 bits per heavy atom. The van der Waals surface area contributed by atoms with Gasteiger partial charge in [0.2, 0.25) is 5.91 Å². The van der Waals surface area contributed by atoms with Gasteiger partial charge in [-0.1, -0.05) is 36.4 Å². The van der Waals surface area contributed by atoms with Gasteiger partial charge in [0.15, 0.2) is 12.4 Å². The number of para-hydroxylation sites is 1. The Kier molecular flexibility index (Phi) is 9.45. The molecule has 0 spiro atoms. The van der Waals surface area contributed by atoms with E-state index >= 15 is 0 Å². The van der Waals surface area contributed by atoms with E-state index in [4.69, 9.17) is 26.8 Å². The predicted molar refractivity (Wildman–Crippen MR) is 141 cm³/mol. The van der Waals surface area contributed by atoms with Crippen molar-refractivity contribution in [3.8, 4) is 0 Å². The number of carbonyl (C=O) groups excluding carboxylic acids is 3. The van der Waals surface area contributed by atoms with Gasteiger partial charge in [0.25, 0.3) is 5.91 Å². The summed E-state index contributed by atoms with van der Waals surface area (Å²) >= 11 is 0. The van der Waals surface area contributed by atoms with Crippen LogP contribution in [-0.2, 0) is 29.6 Å². The molecule has 2 amide bonds. The molecule has 214 valence electrons. The number of nitrogens with one attached hydrogen (secondary N) is 2. The van der Waals surface area contributed by atoms with E-state index in [0.29, 0.717) is 17.8 Å². The molecule has 1 atom stereocenters. The summed E-state index contributed by atoms with van der Waals surface area (Å²) in [6.45, 7) is 0.396. The summed E-state index contributed by atoms with van der Waals surface area (Å²) in [5.74, 6) is -4.01. The number of halogens is 3. The van der Waals surface area contributed by atoms with Crippen LogP contribution in [0.4, 0.5) is 13.2 Å². The molecule has 0 radical (unpaired) electrons. The quantitative estimate of drug-likeness (QED) is 0.140. The van der Waals surface area contributed by atoms with Crippen LogP contribution in [0.25, 0.3) is 10.9 Å². The number of benzene rings is 2. The van der Waals surface area contributed by atoms with E-state index in [1.165, 1.54) is 0 Å². The normalized spacial score (nSPS) is 11.7. The molecule has 0 fully saturated rings. The standard InChI is InChI=1S/C26H26N6O2.C2HF3O2/c1-31-11-5-7-18(15-31)13-21(25(29)33)30-26(34)23-14-19-8-2-3-10-22(19)32(23)16-17-6-4-9-20(12-17)24(27)28;3-2(4,5)1(6)7/h2-12,14-15,21H,13,16H2,1H3,(H5-,27,28,29,30,33,34);(H,6,7)/t21-;/m1./s1. The monoisotopic (exact) mass is 568 g/mol. The number of nitrogens with zero attached hydrogens (tertiary/aromatic N) is 2. The van der Waals surface area contributed by atoms with Gasteiger partial charge in [0.05, 0.1) is 0 Å². The number of rotatable bonds is 8. The van der Waals surface area contributed by atoms with Gasteiger partial charge in [-0.15, -0.1) is 0 Å². The van der Waals surface area contributed by atoms with Crippen molar-refractivity contribution in [2.45, 2.75) is 25.2 Å². The molecular weight excluding hydrogens is 541 g/mol. The Morgan fingerprint density at radius 1 is 1.02 bits per heavy atom. The van der Waals surface area contributed by atoms with Crippen molar-refractivity contribution in [2.75, 3.05) is 0 Å². The fourth-order valence-electron chi connectivity index (χ4n) is 4.05. The highest BCUT2D eigenvalue weighted by molar-refractivity contribution is 6.01. The second-order valence-electron chi connectivity index (χ2n) is 9.08. The lowest BCUT2D eigenvalue weighted by atomic mass is 10.1. The van der Waals surface area contributed by atoms with E-state index < -0.39 is 24.1 Å². The molecule has 41 heavy (non-hydrogen) atoms. The van der Waals surface area contributed by atoms with Crippen molar-refractivity contribution in [1.29, 1.82) is 5.41 Å². The Bertz CT molecular complexity index is 1600. The van der Waals surface area contributed by atoms with E-state index in [0.717, 1.165) is 22.0 Å². The average Bonchev–Trinajstić information content (AvgIpc) is 3.26. The van der Waals surface area contributed by atoms with Crippen LogP contribution in [0.2, 0.25) is 0 Å².